The maximum atomic E-state index is 4.31. The van der Waals surface area contributed by atoms with Gasteiger partial charge in [0.05, 0.1) is 17.6 Å². The molecule has 0 aliphatic heterocycles. The molecule has 0 aliphatic carbocycles. The van der Waals surface area contributed by atoms with Crippen molar-refractivity contribution >= 4 is 54.8 Å². The zero-order valence-corrected chi connectivity index (χ0v) is 12.7. The maximum Gasteiger partial charge on any atom is 0.149 e. The topological polar surface area (TPSA) is 50.7 Å². The first-order chi connectivity index (χ1) is 8.75. The summed E-state index contributed by atoms with van der Waals surface area (Å²) in [4.78, 5) is 10.7. The van der Waals surface area contributed by atoms with Crippen molar-refractivity contribution in [3.05, 3.63) is 32.8 Å². The molecule has 0 saturated carbocycles. The lowest BCUT2D eigenvalue weighted by Gasteiger charge is -2.05. The van der Waals surface area contributed by atoms with Crippen LogP contribution >= 0.6 is 38.8 Å². The van der Waals surface area contributed by atoms with Crippen LogP contribution in [0.1, 0.15) is 10.6 Å². The van der Waals surface area contributed by atoms with Crippen LogP contribution in [-0.4, -0.2) is 14.3 Å². The second-order valence-electron chi connectivity index (χ2n) is 3.72. The van der Waals surface area contributed by atoms with E-state index in [4.69, 9.17) is 0 Å². The van der Waals surface area contributed by atoms with Crippen LogP contribution in [0.25, 0.3) is 10.2 Å². The molecule has 0 saturated heterocycles. The van der Waals surface area contributed by atoms with Crippen molar-refractivity contribution in [1.29, 1.82) is 0 Å². The molecule has 7 heteroatoms. The molecule has 0 aromatic carbocycles. The van der Waals surface area contributed by atoms with E-state index >= 15 is 0 Å². The van der Waals surface area contributed by atoms with E-state index < -0.39 is 0 Å². The molecule has 4 nitrogen and oxygen atoms in total. The Labute approximate surface area is 120 Å². The summed E-state index contributed by atoms with van der Waals surface area (Å²) in [5, 5.41) is 6.44. The van der Waals surface area contributed by atoms with Gasteiger partial charge in [0, 0.05) is 9.35 Å². The van der Waals surface area contributed by atoms with Crippen LogP contribution in [0.4, 0.5) is 5.82 Å². The molecule has 0 unspecified atom stereocenters. The Kier molecular flexibility index (Phi) is 3.27. The molecule has 0 spiro atoms. The first kappa shape index (κ1) is 12.0. The fourth-order valence-corrected chi connectivity index (χ4v) is 3.85. The number of hydrogen-bond donors (Lipinski definition) is 1. The Hall–Kier alpha value is -1.05. The summed E-state index contributed by atoms with van der Waals surface area (Å²) in [5.74, 6) is 0.853. The van der Waals surface area contributed by atoms with E-state index in [0.717, 1.165) is 32.7 Å². The SMILES string of the molecule is Cc1nsc2ncnc(NCc3sccc3Br)c12. The summed E-state index contributed by atoms with van der Waals surface area (Å²) in [6, 6.07) is 2.05. The van der Waals surface area contributed by atoms with Gasteiger partial charge in [-0.05, 0) is 45.8 Å². The van der Waals surface area contributed by atoms with E-state index in [1.807, 2.05) is 6.92 Å². The van der Waals surface area contributed by atoms with E-state index in [9.17, 15) is 0 Å². The maximum absolute atomic E-state index is 4.31. The standard InChI is InChI=1S/C11H9BrN4S2/c1-6-9-10(14-5-15-11(9)18-16-6)13-4-8-7(12)2-3-17-8/h2-3,5H,4H2,1H3,(H,13,14,15). The van der Waals surface area contributed by atoms with Crippen LogP contribution in [-0.2, 0) is 6.54 Å². The molecule has 3 aromatic heterocycles. The minimum Gasteiger partial charge on any atom is -0.364 e. The zero-order chi connectivity index (χ0) is 12.5. The molecule has 0 atom stereocenters. The van der Waals surface area contributed by atoms with E-state index in [1.165, 1.54) is 16.4 Å². The van der Waals surface area contributed by atoms with Gasteiger partial charge in [0.25, 0.3) is 0 Å². The molecule has 0 radical (unpaired) electrons. The van der Waals surface area contributed by atoms with Gasteiger partial charge in [-0.25, -0.2) is 9.97 Å². The zero-order valence-electron chi connectivity index (χ0n) is 9.48. The minimum atomic E-state index is 0.750. The van der Waals surface area contributed by atoms with Crippen molar-refractivity contribution in [2.45, 2.75) is 13.5 Å². The van der Waals surface area contributed by atoms with Gasteiger partial charge >= 0.3 is 0 Å². The fraction of sp³-hybridized carbons (Fsp3) is 0.182. The highest BCUT2D eigenvalue weighted by molar-refractivity contribution is 9.10. The number of thiophene rings is 1. The Morgan fingerprint density at radius 1 is 1.39 bits per heavy atom. The molecule has 92 valence electrons. The predicted octanol–water partition coefficient (Wildman–Crippen LogP) is 3.83. The average Bonchev–Trinajstić information content (AvgIpc) is 2.94. The van der Waals surface area contributed by atoms with Crippen LogP contribution < -0.4 is 5.32 Å². The van der Waals surface area contributed by atoms with E-state index in [0.29, 0.717) is 0 Å². The number of halogens is 1. The number of aryl methyl sites for hydroxylation is 1. The largest absolute Gasteiger partial charge is 0.364 e. The van der Waals surface area contributed by atoms with Crippen LogP contribution in [0.2, 0.25) is 0 Å². The molecule has 0 aliphatic rings. The highest BCUT2D eigenvalue weighted by Crippen LogP contribution is 2.28. The summed E-state index contributed by atoms with van der Waals surface area (Å²) in [6.45, 7) is 2.73. The number of nitrogens with one attached hydrogen (secondary N) is 1. The first-order valence-corrected chi connectivity index (χ1v) is 7.73. The second kappa shape index (κ2) is 4.91. The summed E-state index contributed by atoms with van der Waals surface area (Å²) in [7, 11) is 0. The third kappa shape index (κ3) is 2.13. The number of rotatable bonds is 3. The van der Waals surface area contributed by atoms with Crippen molar-refractivity contribution in [3.8, 4) is 0 Å². The Balaban J connectivity index is 1.91. The molecule has 0 fully saturated rings. The van der Waals surface area contributed by atoms with E-state index in [1.54, 1.807) is 17.7 Å². The minimum absolute atomic E-state index is 0.750. The summed E-state index contributed by atoms with van der Waals surface area (Å²) < 4.78 is 5.44. The molecule has 1 N–H and O–H groups in total. The second-order valence-corrected chi connectivity index (χ2v) is 6.32. The highest BCUT2D eigenvalue weighted by atomic mass is 79.9. The Morgan fingerprint density at radius 3 is 3.06 bits per heavy atom. The molecule has 0 bridgehead atoms. The van der Waals surface area contributed by atoms with Gasteiger partial charge in [-0.2, -0.15) is 4.37 Å². The molecular formula is C11H9BrN4S2. The molecule has 18 heavy (non-hydrogen) atoms. The molecule has 3 heterocycles. The Bertz CT molecular complexity index is 691. The fourth-order valence-electron chi connectivity index (χ4n) is 1.67. The summed E-state index contributed by atoms with van der Waals surface area (Å²) in [6.07, 6.45) is 1.58. The van der Waals surface area contributed by atoms with Gasteiger partial charge in [-0.3, -0.25) is 0 Å². The van der Waals surface area contributed by atoms with Crippen LogP contribution in [0, 0.1) is 6.92 Å². The van der Waals surface area contributed by atoms with Gasteiger partial charge in [-0.1, -0.05) is 0 Å². The first-order valence-electron chi connectivity index (χ1n) is 5.28. The third-order valence-corrected chi connectivity index (χ3v) is 5.32. The van der Waals surface area contributed by atoms with Crippen LogP contribution in [0.5, 0.6) is 0 Å². The van der Waals surface area contributed by atoms with Crippen molar-refractivity contribution in [1.82, 2.24) is 14.3 Å². The van der Waals surface area contributed by atoms with Crippen molar-refractivity contribution in [3.63, 3.8) is 0 Å². The molecule has 3 aromatic rings. The number of hydrogen-bond acceptors (Lipinski definition) is 6. The molecular weight excluding hydrogens is 332 g/mol. The van der Waals surface area contributed by atoms with Crippen LogP contribution in [0.15, 0.2) is 22.2 Å². The monoisotopic (exact) mass is 340 g/mol. The van der Waals surface area contributed by atoms with Crippen molar-refractivity contribution < 1.29 is 0 Å². The van der Waals surface area contributed by atoms with Gasteiger partial charge in [-0.15, -0.1) is 11.3 Å². The number of anilines is 1. The number of fused-ring (bicyclic) bond motifs is 1. The lowest BCUT2D eigenvalue weighted by molar-refractivity contribution is 1.12. The highest BCUT2D eigenvalue weighted by Gasteiger charge is 2.10. The Morgan fingerprint density at radius 2 is 2.28 bits per heavy atom. The van der Waals surface area contributed by atoms with Crippen LogP contribution in [0.3, 0.4) is 0 Å². The molecule has 0 amide bonds. The lowest BCUT2D eigenvalue weighted by Crippen LogP contribution is -2.01. The normalized spacial score (nSPS) is 11.0. The van der Waals surface area contributed by atoms with Gasteiger partial charge in [0.2, 0.25) is 0 Å². The number of nitrogens with zero attached hydrogens (tertiary/aromatic N) is 3. The predicted molar refractivity (Wildman–Crippen MR) is 79.3 cm³/mol. The van der Waals surface area contributed by atoms with Gasteiger partial charge < -0.3 is 5.32 Å². The molecule has 3 rings (SSSR count). The summed E-state index contributed by atoms with van der Waals surface area (Å²) in [5.41, 5.74) is 0.975. The van der Waals surface area contributed by atoms with Crippen molar-refractivity contribution in [2.24, 2.45) is 0 Å². The van der Waals surface area contributed by atoms with Gasteiger partial charge in [0.1, 0.15) is 17.0 Å². The average molecular weight is 341 g/mol. The lowest BCUT2D eigenvalue weighted by atomic mass is 10.3. The van der Waals surface area contributed by atoms with Crippen molar-refractivity contribution in [2.75, 3.05) is 5.32 Å². The van der Waals surface area contributed by atoms with E-state index in [-0.39, 0.29) is 0 Å². The summed E-state index contributed by atoms with van der Waals surface area (Å²) >= 11 is 6.65. The quantitative estimate of drug-likeness (QED) is 0.787. The van der Waals surface area contributed by atoms with E-state index in [2.05, 4.69) is 47.0 Å². The third-order valence-electron chi connectivity index (χ3n) is 2.55. The smallest absolute Gasteiger partial charge is 0.149 e. The number of aromatic nitrogens is 3. The van der Waals surface area contributed by atoms with Gasteiger partial charge in [0.15, 0.2) is 0 Å².